The van der Waals surface area contributed by atoms with Gasteiger partial charge in [-0.25, -0.2) is 28.0 Å². The first-order valence-electron chi connectivity index (χ1n) is 7.94. The van der Waals surface area contributed by atoms with Gasteiger partial charge in [-0.15, -0.1) is 0 Å². The van der Waals surface area contributed by atoms with Gasteiger partial charge in [0.15, 0.2) is 5.16 Å². The molecule has 0 aliphatic rings. The summed E-state index contributed by atoms with van der Waals surface area (Å²) in [5.74, 6) is -1.11. The summed E-state index contributed by atoms with van der Waals surface area (Å²) in [5.41, 5.74) is 4.03. The van der Waals surface area contributed by atoms with Crippen LogP contribution in [0.25, 0.3) is 11.0 Å². The monoisotopic (exact) mass is 454 g/mol. The Balaban J connectivity index is 2.01. The number of nitrogens with two attached hydrogens (primary N) is 1. The maximum absolute atomic E-state index is 12.7. The molecule has 0 bridgehead atoms. The molecule has 0 saturated carbocycles. The molecule has 0 atom stereocenters. The topological polar surface area (TPSA) is 133 Å². The third-order valence-corrected chi connectivity index (χ3v) is 5.97. The first kappa shape index (κ1) is 21.1. The minimum atomic E-state index is -4.09. The molecule has 1 heterocycles. The molecule has 12 heteroatoms. The number of fused-ring (bicyclic) bond motifs is 1. The Morgan fingerprint density at radius 2 is 1.90 bits per heavy atom. The van der Waals surface area contributed by atoms with Crippen LogP contribution in [-0.2, 0) is 14.8 Å². The average Bonchev–Trinajstić information content (AvgIpc) is 3.03. The number of methoxy groups -OCH3 is 1. The summed E-state index contributed by atoms with van der Waals surface area (Å²) in [4.78, 5) is 28.5. The molecule has 0 saturated heterocycles. The van der Waals surface area contributed by atoms with Crippen molar-refractivity contribution in [1.29, 1.82) is 0 Å². The van der Waals surface area contributed by atoms with E-state index in [9.17, 15) is 18.0 Å². The zero-order valence-corrected chi connectivity index (χ0v) is 17.6. The van der Waals surface area contributed by atoms with Crippen LogP contribution in [0.15, 0.2) is 46.5 Å². The molecule has 1 amide bonds. The van der Waals surface area contributed by atoms with Gasteiger partial charge in [0, 0.05) is 5.56 Å². The van der Waals surface area contributed by atoms with Crippen LogP contribution >= 0.6 is 23.4 Å². The SMILES string of the molecule is COC(=O)c1ccc2c(c1)nc(SC)n2NC(=O)c1ccc(Cl)c(S(N)(=O)=O)c1. The Labute approximate surface area is 175 Å². The summed E-state index contributed by atoms with van der Waals surface area (Å²) < 4.78 is 29.4. The molecule has 3 aromatic rings. The highest BCUT2D eigenvalue weighted by Crippen LogP contribution is 2.24. The van der Waals surface area contributed by atoms with Gasteiger partial charge in [0.25, 0.3) is 5.91 Å². The van der Waals surface area contributed by atoms with Crippen LogP contribution in [0.1, 0.15) is 20.7 Å². The van der Waals surface area contributed by atoms with E-state index in [-0.39, 0.29) is 15.5 Å². The molecular formula is C17H15ClN4O5S2. The lowest BCUT2D eigenvalue weighted by Gasteiger charge is -2.11. The maximum Gasteiger partial charge on any atom is 0.337 e. The van der Waals surface area contributed by atoms with Gasteiger partial charge in [0.2, 0.25) is 10.0 Å². The van der Waals surface area contributed by atoms with E-state index < -0.39 is 21.9 Å². The number of halogens is 1. The van der Waals surface area contributed by atoms with Gasteiger partial charge in [-0.2, -0.15) is 0 Å². The van der Waals surface area contributed by atoms with E-state index in [0.29, 0.717) is 21.8 Å². The first-order valence-corrected chi connectivity index (χ1v) is 11.1. The molecular weight excluding hydrogens is 440 g/mol. The minimum absolute atomic E-state index is 0.0403. The summed E-state index contributed by atoms with van der Waals surface area (Å²) in [6, 6.07) is 8.46. The highest BCUT2D eigenvalue weighted by atomic mass is 35.5. The van der Waals surface area contributed by atoms with Crippen LogP contribution in [-0.4, -0.2) is 43.3 Å². The number of esters is 1. The van der Waals surface area contributed by atoms with Crippen LogP contribution in [0.3, 0.4) is 0 Å². The third-order valence-electron chi connectivity index (χ3n) is 3.94. The number of sulfonamides is 1. The van der Waals surface area contributed by atoms with Gasteiger partial charge in [-0.3, -0.25) is 10.2 Å². The minimum Gasteiger partial charge on any atom is -0.465 e. The van der Waals surface area contributed by atoms with Crippen molar-refractivity contribution in [2.45, 2.75) is 10.1 Å². The van der Waals surface area contributed by atoms with Gasteiger partial charge in [0.1, 0.15) is 4.90 Å². The van der Waals surface area contributed by atoms with Crippen molar-refractivity contribution in [3.8, 4) is 0 Å². The van der Waals surface area contributed by atoms with Crippen molar-refractivity contribution in [1.82, 2.24) is 9.66 Å². The number of benzene rings is 2. The summed E-state index contributed by atoms with van der Waals surface area (Å²) >= 11 is 7.13. The number of nitrogens with zero attached hydrogens (tertiary/aromatic N) is 2. The fraction of sp³-hybridized carbons (Fsp3) is 0.118. The van der Waals surface area contributed by atoms with Crippen molar-refractivity contribution in [2.24, 2.45) is 5.14 Å². The Morgan fingerprint density at radius 3 is 2.52 bits per heavy atom. The van der Waals surface area contributed by atoms with E-state index in [0.717, 1.165) is 6.07 Å². The highest BCUT2D eigenvalue weighted by Gasteiger charge is 2.19. The van der Waals surface area contributed by atoms with Crippen molar-refractivity contribution in [2.75, 3.05) is 18.8 Å². The number of carbonyl (C=O) groups excluding carboxylic acids is 2. The number of primary sulfonamides is 1. The number of amides is 1. The maximum atomic E-state index is 12.7. The summed E-state index contributed by atoms with van der Waals surface area (Å²) in [5, 5.41) is 5.50. The van der Waals surface area contributed by atoms with Crippen LogP contribution < -0.4 is 10.6 Å². The van der Waals surface area contributed by atoms with Gasteiger partial charge < -0.3 is 4.74 Å². The molecule has 29 heavy (non-hydrogen) atoms. The van der Waals surface area contributed by atoms with Crippen LogP contribution in [0.2, 0.25) is 5.02 Å². The standard InChI is InChI=1S/C17H15ClN4O5S2/c1-27-16(24)10-4-6-13-12(7-10)20-17(28-2)22(13)21-15(23)9-3-5-11(18)14(8-9)29(19,25)26/h3-8H,1-2H3,(H,21,23)(H2,19,25,26). The van der Waals surface area contributed by atoms with Crippen molar-refractivity contribution < 1.29 is 22.7 Å². The quantitative estimate of drug-likeness (QED) is 0.446. The summed E-state index contributed by atoms with van der Waals surface area (Å²) in [7, 11) is -2.82. The molecule has 2 aromatic carbocycles. The normalized spacial score (nSPS) is 11.4. The number of imidazole rings is 1. The van der Waals surface area contributed by atoms with E-state index in [1.54, 1.807) is 24.5 Å². The summed E-state index contributed by atoms with van der Waals surface area (Å²) in [6.07, 6.45) is 1.77. The summed E-state index contributed by atoms with van der Waals surface area (Å²) in [6.45, 7) is 0. The fourth-order valence-electron chi connectivity index (χ4n) is 2.58. The van der Waals surface area contributed by atoms with Crippen molar-refractivity contribution in [3.63, 3.8) is 0 Å². The van der Waals surface area contributed by atoms with Gasteiger partial charge >= 0.3 is 5.97 Å². The second-order valence-electron chi connectivity index (χ2n) is 5.76. The lowest BCUT2D eigenvalue weighted by molar-refractivity contribution is 0.0600. The molecule has 0 radical (unpaired) electrons. The predicted octanol–water partition coefficient (Wildman–Crippen LogP) is 2.23. The molecule has 0 fully saturated rings. The average molecular weight is 455 g/mol. The Morgan fingerprint density at radius 1 is 1.21 bits per heavy atom. The smallest absolute Gasteiger partial charge is 0.337 e. The molecule has 0 aliphatic heterocycles. The van der Waals surface area contributed by atoms with E-state index in [2.05, 4.69) is 10.4 Å². The number of hydrogen-bond donors (Lipinski definition) is 2. The molecule has 3 N–H and O–H groups in total. The number of carbonyl (C=O) groups is 2. The van der Waals surface area contributed by atoms with Gasteiger partial charge in [-0.05, 0) is 42.7 Å². The molecule has 0 unspecified atom stereocenters. The zero-order chi connectivity index (χ0) is 21.3. The lowest BCUT2D eigenvalue weighted by Crippen LogP contribution is -2.24. The number of aromatic nitrogens is 2. The second-order valence-corrected chi connectivity index (χ2v) is 8.47. The zero-order valence-electron chi connectivity index (χ0n) is 15.2. The first-order chi connectivity index (χ1) is 13.7. The van der Waals surface area contributed by atoms with E-state index >= 15 is 0 Å². The Kier molecular flexibility index (Phi) is 5.85. The van der Waals surface area contributed by atoms with Crippen molar-refractivity contribution in [3.05, 3.63) is 52.5 Å². The van der Waals surface area contributed by atoms with E-state index in [4.69, 9.17) is 21.5 Å². The number of ether oxygens (including phenoxy) is 1. The van der Waals surface area contributed by atoms with Crippen LogP contribution in [0.4, 0.5) is 0 Å². The lowest BCUT2D eigenvalue weighted by atomic mass is 10.2. The van der Waals surface area contributed by atoms with Gasteiger partial charge in [0.05, 0.1) is 28.7 Å². The second kappa shape index (κ2) is 8.03. The van der Waals surface area contributed by atoms with E-state index in [1.807, 2.05) is 0 Å². The van der Waals surface area contributed by atoms with Gasteiger partial charge in [-0.1, -0.05) is 23.4 Å². The third kappa shape index (κ3) is 4.22. The number of rotatable bonds is 5. The molecule has 0 aliphatic carbocycles. The van der Waals surface area contributed by atoms with E-state index in [1.165, 1.54) is 35.7 Å². The largest absolute Gasteiger partial charge is 0.465 e. The predicted molar refractivity (Wildman–Crippen MR) is 109 cm³/mol. The van der Waals surface area contributed by atoms with Crippen LogP contribution in [0, 0.1) is 0 Å². The number of nitrogens with one attached hydrogen (secondary N) is 1. The highest BCUT2D eigenvalue weighted by molar-refractivity contribution is 7.98. The molecule has 152 valence electrons. The van der Waals surface area contributed by atoms with Crippen molar-refractivity contribution >= 4 is 56.3 Å². The molecule has 3 rings (SSSR count). The number of thioether (sulfide) groups is 1. The number of hydrogen-bond acceptors (Lipinski definition) is 7. The molecule has 1 aromatic heterocycles. The molecule has 0 spiro atoms. The Bertz CT molecular complexity index is 1240. The Hall–Kier alpha value is -2.60. The molecule has 9 nitrogen and oxygen atoms in total. The fourth-order valence-corrected chi connectivity index (χ4v) is 4.16. The van der Waals surface area contributed by atoms with Crippen LogP contribution in [0.5, 0.6) is 0 Å².